The lowest BCUT2D eigenvalue weighted by atomic mass is 10.0. The van der Waals surface area contributed by atoms with E-state index in [4.69, 9.17) is 0 Å². The van der Waals surface area contributed by atoms with Gasteiger partial charge >= 0.3 is 0 Å². The second-order valence-corrected chi connectivity index (χ2v) is 4.06. The van der Waals surface area contributed by atoms with Crippen LogP contribution in [0, 0.1) is 0 Å². The Morgan fingerprint density at radius 1 is 1.00 bits per heavy atom. The fraction of sp³-hybridized carbons (Fsp3) is 0.0625. The van der Waals surface area contributed by atoms with Gasteiger partial charge in [0.05, 0.1) is 0 Å². The van der Waals surface area contributed by atoms with Crippen molar-refractivity contribution in [1.82, 2.24) is 0 Å². The van der Waals surface area contributed by atoms with Crippen molar-refractivity contribution >= 4 is 6.08 Å². The zero-order chi connectivity index (χ0) is 11.0. The summed E-state index contributed by atoms with van der Waals surface area (Å²) in [6.07, 6.45) is 2.99. The number of benzene rings is 2. The van der Waals surface area contributed by atoms with Gasteiger partial charge in [0.25, 0.3) is 0 Å². The lowest BCUT2D eigenvalue weighted by molar-refractivity contribution is 1.25. The van der Waals surface area contributed by atoms with E-state index in [1.165, 1.54) is 27.8 Å². The van der Waals surface area contributed by atoms with Gasteiger partial charge in [0.2, 0.25) is 0 Å². The molecule has 2 aromatic rings. The number of hydrogen-bond acceptors (Lipinski definition) is 0. The molecule has 0 amide bonds. The van der Waals surface area contributed by atoms with Crippen molar-refractivity contribution in [1.29, 1.82) is 0 Å². The maximum atomic E-state index is 3.65. The van der Waals surface area contributed by atoms with Crippen LogP contribution >= 0.6 is 0 Å². The van der Waals surface area contributed by atoms with Gasteiger partial charge in [0.1, 0.15) is 0 Å². The zero-order valence-corrected chi connectivity index (χ0v) is 9.03. The van der Waals surface area contributed by atoms with Crippen LogP contribution in [-0.4, -0.2) is 0 Å². The SMILES string of the molecule is C=C=Cc1cccc2c1Cc1ccccc1-2. The van der Waals surface area contributed by atoms with E-state index in [1.54, 1.807) is 0 Å². The van der Waals surface area contributed by atoms with Crippen molar-refractivity contribution in [3.05, 3.63) is 71.5 Å². The average molecular weight is 204 g/mol. The van der Waals surface area contributed by atoms with Crippen molar-refractivity contribution in [2.75, 3.05) is 0 Å². The number of fused-ring (bicyclic) bond motifs is 3. The molecule has 0 N–H and O–H groups in total. The first-order valence-electron chi connectivity index (χ1n) is 5.46. The highest BCUT2D eigenvalue weighted by Gasteiger charge is 2.18. The summed E-state index contributed by atoms with van der Waals surface area (Å²) >= 11 is 0. The molecule has 1 aliphatic carbocycles. The van der Waals surface area contributed by atoms with E-state index in [0.29, 0.717) is 0 Å². The van der Waals surface area contributed by atoms with E-state index < -0.39 is 0 Å². The minimum absolute atomic E-state index is 1.03. The molecule has 0 heterocycles. The Hall–Kier alpha value is -2.04. The van der Waals surface area contributed by atoms with Gasteiger partial charge in [-0.3, -0.25) is 0 Å². The Morgan fingerprint density at radius 3 is 2.69 bits per heavy atom. The second kappa shape index (κ2) is 3.52. The molecule has 0 unspecified atom stereocenters. The molecular weight excluding hydrogens is 192 g/mol. The third kappa shape index (κ3) is 1.25. The smallest absolute Gasteiger partial charge is 0.000728 e. The summed E-state index contributed by atoms with van der Waals surface area (Å²) < 4.78 is 0. The van der Waals surface area contributed by atoms with E-state index in [2.05, 4.69) is 54.8 Å². The second-order valence-electron chi connectivity index (χ2n) is 4.06. The first-order valence-corrected chi connectivity index (χ1v) is 5.46. The Kier molecular flexibility index (Phi) is 2.02. The third-order valence-electron chi connectivity index (χ3n) is 3.14. The summed E-state index contributed by atoms with van der Waals surface area (Å²) in [5.74, 6) is 0. The molecule has 1 aliphatic rings. The molecule has 76 valence electrons. The fourth-order valence-electron chi connectivity index (χ4n) is 2.43. The standard InChI is InChI=1S/C16H12/c1-2-6-12-8-5-10-15-14-9-4-3-7-13(14)11-16(12)15/h3-10H,1,11H2. The predicted octanol–water partition coefficient (Wildman–Crippen LogP) is 4.06. The van der Waals surface area contributed by atoms with Crippen LogP contribution in [0.4, 0.5) is 0 Å². The largest absolute Gasteiger partial charge is 0.128 e. The molecule has 0 bridgehead atoms. The van der Waals surface area contributed by atoms with Crippen molar-refractivity contribution in [3.63, 3.8) is 0 Å². The zero-order valence-electron chi connectivity index (χ0n) is 9.03. The lowest BCUT2D eigenvalue weighted by Gasteiger charge is -2.02. The van der Waals surface area contributed by atoms with Gasteiger partial charge in [-0.2, -0.15) is 0 Å². The summed E-state index contributed by atoms with van der Waals surface area (Å²) in [5, 5.41) is 0. The molecule has 0 aromatic heterocycles. The Balaban J connectivity index is 2.27. The van der Waals surface area contributed by atoms with Crippen LogP contribution in [0.5, 0.6) is 0 Å². The van der Waals surface area contributed by atoms with E-state index >= 15 is 0 Å². The monoisotopic (exact) mass is 204 g/mol. The average Bonchev–Trinajstić information content (AvgIpc) is 2.69. The summed E-state index contributed by atoms with van der Waals surface area (Å²) in [6, 6.07) is 15.0. The van der Waals surface area contributed by atoms with E-state index in [0.717, 1.165) is 6.42 Å². The highest BCUT2D eigenvalue weighted by atomic mass is 14.2. The minimum atomic E-state index is 1.03. The predicted molar refractivity (Wildman–Crippen MR) is 68.3 cm³/mol. The highest BCUT2D eigenvalue weighted by molar-refractivity contribution is 5.80. The Labute approximate surface area is 95.6 Å². The molecule has 3 rings (SSSR count). The Bertz CT molecular complexity index is 599. The van der Waals surface area contributed by atoms with Crippen LogP contribution in [0.25, 0.3) is 17.2 Å². The van der Waals surface area contributed by atoms with Crippen molar-refractivity contribution in [3.8, 4) is 11.1 Å². The maximum Gasteiger partial charge on any atom is -0.000728 e. The number of rotatable bonds is 1. The van der Waals surface area contributed by atoms with Gasteiger partial charge in [0, 0.05) is 0 Å². The van der Waals surface area contributed by atoms with Crippen LogP contribution in [0.2, 0.25) is 0 Å². The summed E-state index contributed by atoms with van der Waals surface area (Å²) in [5.41, 5.74) is 9.66. The van der Waals surface area contributed by atoms with Gasteiger partial charge in [-0.05, 0) is 40.3 Å². The molecule has 0 fully saturated rings. The molecule has 0 nitrogen and oxygen atoms in total. The normalized spacial score (nSPS) is 11.5. The first kappa shape index (κ1) is 9.21. The molecule has 0 radical (unpaired) electrons. The molecule has 0 heteroatoms. The van der Waals surface area contributed by atoms with Gasteiger partial charge in [-0.25, -0.2) is 0 Å². The molecule has 0 saturated carbocycles. The van der Waals surface area contributed by atoms with Gasteiger partial charge in [-0.15, -0.1) is 5.73 Å². The van der Waals surface area contributed by atoms with E-state index in [-0.39, 0.29) is 0 Å². The number of hydrogen-bond donors (Lipinski definition) is 0. The van der Waals surface area contributed by atoms with Crippen LogP contribution in [0.15, 0.2) is 54.8 Å². The molecule has 0 spiro atoms. The quantitative estimate of drug-likeness (QED) is 0.524. The Morgan fingerprint density at radius 2 is 1.81 bits per heavy atom. The topological polar surface area (TPSA) is 0 Å². The van der Waals surface area contributed by atoms with Crippen molar-refractivity contribution in [2.45, 2.75) is 6.42 Å². The van der Waals surface area contributed by atoms with Crippen molar-refractivity contribution < 1.29 is 0 Å². The molecule has 0 atom stereocenters. The summed E-state index contributed by atoms with van der Waals surface area (Å²) in [7, 11) is 0. The molecule has 0 saturated heterocycles. The lowest BCUT2D eigenvalue weighted by Crippen LogP contribution is -1.85. The van der Waals surface area contributed by atoms with Crippen LogP contribution in [0.3, 0.4) is 0 Å². The molecular formula is C16H12. The summed E-state index contributed by atoms with van der Waals surface area (Å²) in [6.45, 7) is 3.65. The summed E-state index contributed by atoms with van der Waals surface area (Å²) in [4.78, 5) is 0. The van der Waals surface area contributed by atoms with Crippen LogP contribution in [0.1, 0.15) is 16.7 Å². The molecule has 2 aromatic carbocycles. The first-order chi connectivity index (χ1) is 7.90. The minimum Gasteiger partial charge on any atom is -0.128 e. The molecule has 16 heavy (non-hydrogen) atoms. The maximum absolute atomic E-state index is 3.65. The molecule has 0 aliphatic heterocycles. The fourth-order valence-corrected chi connectivity index (χ4v) is 2.43. The highest BCUT2D eigenvalue weighted by Crippen LogP contribution is 2.38. The van der Waals surface area contributed by atoms with E-state index in [1.807, 2.05) is 6.08 Å². The van der Waals surface area contributed by atoms with Crippen molar-refractivity contribution in [2.24, 2.45) is 0 Å². The van der Waals surface area contributed by atoms with Crippen LogP contribution in [-0.2, 0) is 6.42 Å². The van der Waals surface area contributed by atoms with Crippen LogP contribution < -0.4 is 0 Å². The van der Waals surface area contributed by atoms with Gasteiger partial charge in [0.15, 0.2) is 0 Å². The van der Waals surface area contributed by atoms with Gasteiger partial charge in [-0.1, -0.05) is 49.0 Å². The van der Waals surface area contributed by atoms with E-state index in [9.17, 15) is 0 Å². The third-order valence-corrected chi connectivity index (χ3v) is 3.14. The van der Waals surface area contributed by atoms with Gasteiger partial charge < -0.3 is 0 Å².